The number of fused-ring (bicyclic) bond motifs is 1. The highest BCUT2D eigenvalue weighted by atomic mass is 16.5. The van der Waals surface area contributed by atoms with Gasteiger partial charge in [-0.05, 0) is 62.6 Å². The maximum absolute atomic E-state index is 13.0. The van der Waals surface area contributed by atoms with E-state index in [0.717, 1.165) is 41.4 Å². The Hall–Kier alpha value is -3.45. The first-order valence-corrected chi connectivity index (χ1v) is 10.9. The smallest absolute Gasteiger partial charge is 0.254 e. The molecular formula is C25H27N3O4. The fourth-order valence-electron chi connectivity index (χ4n) is 4.27. The number of aryl methyl sites for hydroxylation is 1. The molecule has 0 bridgehead atoms. The van der Waals surface area contributed by atoms with Gasteiger partial charge in [-0.1, -0.05) is 18.2 Å². The van der Waals surface area contributed by atoms with Crippen LogP contribution < -0.4 is 10.2 Å². The van der Waals surface area contributed by atoms with Gasteiger partial charge in [0.15, 0.2) is 0 Å². The summed E-state index contributed by atoms with van der Waals surface area (Å²) in [5.41, 5.74) is 5.16. The molecule has 1 atom stereocenters. The standard InChI is InChI=1S/C25H27N3O4/c1-17-14-19(22-7-2-3-8-23(22)26-17)16-32-21-11-9-18(10-12-21)25(30)28-13-5-4-6-20(28)15-24(29)27-31/h2-3,7-12,14,20,31H,4-6,13,15-16H2,1H3,(H,27,29). The number of rotatable bonds is 6. The third-order valence-corrected chi connectivity index (χ3v) is 5.86. The van der Waals surface area contributed by atoms with Crippen LogP contribution >= 0.6 is 0 Å². The van der Waals surface area contributed by atoms with E-state index in [9.17, 15) is 9.59 Å². The molecule has 2 amide bonds. The number of likely N-dealkylation sites (tertiary alicyclic amines) is 1. The monoisotopic (exact) mass is 433 g/mol. The lowest BCUT2D eigenvalue weighted by molar-refractivity contribution is -0.130. The maximum Gasteiger partial charge on any atom is 0.254 e. The summed E-state index contributed by atoms with van der Waals surface area (Å²) in [6.45, 7) is 2.98. The molecule has 32 heavy (non-hydrogen) atoms. The molecule has 0 radical (unpaired) electrons. The number of hydroxylamine groups is 1. The van der Waals surface area contributed by atoms with Gasteiger partial charge in [0, 0.05) is 41.2 Å². The van der Waals surface area contributed by atoms with Gasteiger partial charge in [-0.15, -0.1) is 0 Å². The predicted octanol–water partition coefficient (Wildman–Crippen LogP) is 4.01. The minimum atomic E-state index is -0.475. The number of para-hydroxylation sites is 1. The largest absolute Gasteiger partial charge is 0.489 e. The van der Waals surface area contributed by atoms with Crippen LogP contribution in [0.15, 0.2) is 54.6 Å². The number of pyridine rings is 1. The molecule has 2 N–H and O–H groups in total. The minimum absolute atomic E-state index is 0.0999. The minimum Gasteiger partial charge on any atom is -0.489 e. The molecule has 1 saturated heterocycles. The highest BCUT2D eigenvalue weighted by molar-refractivity contribution is 5.95. The van der Waals surface area contributed by atoms with Gasteiger partial charge in [-0.2, -0.15) is 0 Å². The molecule has 7 nitrogen and oxygen atoms in total. The zero-order valence-electron chi connectivity index (χ0n) is 18.1. The summed E-state index contributed by atoms with van der Waals surface area (Å²) in [6, 6.07) is 16.9. The molecule has 166 valence electrons. The number of carbonyl (C=O) groups excluding carboxylic acids is 2. The van der Waals surface area contributed by atoms with E-state index >= 15 is 0 Å². The number of ether oxygens (including phenoxy) is 1. The Balaban J connectivity index is 1.44. The molecule has 1 aliphatic heterocycles. The van der Waals surface area contributed by atoms with Crippen molar-refractivity contribution in [2.24, 2.45) is 0 Å². The quantitative estimate of drug-likeness (QED) is 0.453. The Morgan fingerprint density at radius 2 is 1.94 bits per heavy atom. The van der Waals surface area contributed by atoms with Crippen LogP contribution in [0, 0.1) is 6.92 Å². The molecule has 1 aliphatic rings. The Bertz CT molecular complexity index is 1110. The lowest BCUT2D eigenvalue weighted by Crippen LogP contribution is -2.45. The molecule has 1 fully saturated rings. The van der Waals surface area contributed by atoms with Crippen LogP contribution in [0.3, 0.4) is 0 Å². The van der Waals surface area contributed by atoms with Crippen molar-refractivity contribution in [2.75, 3.05) is 6.54 Å². The maximum atomic E-state index is 13.0. The number of benzene rings is 2. The number of amides is 2. The van der Waals surface area contributed by atoms with Crippen LogP contribution in [0.5, 0.6) is 5.75 Å². The highest BCUT2D eigenvalue weighted by Crippen LogP contribution is 2.24. The predicted molar refractivity (Wildman–Crippen MR) is 120 cm³/mol. The fraction of sp³-hybridized carbons (Fsp3) is 0.320. The third-order valence-electron chi connectivity index (χ3n) is 5.86. The first-order valence-electron chi connectivity index (χ1n) is 10.9. The number of nitrogens with one attached hydrogen (secondary N) is 1. The second-order valence-electron chi connectivity index (χ2n) is 8.14. The van der Waals surface area contributed by atoms with Gasteiger partial charge in [0.2, 0.25) is 5.91 Å². The van der Waals surface area contributed by atoms with E-state index in [1.807, 2.05) is 37.3 Å². The summed E-state index contributed by atoms with van der Waals surface area (Å²) in [7, 11) is 0. The fourth-order valence-corrected chi connectivity index (χ4v) is 4.27. The normalized spacial score (nSPS) is 16.1. The SMILES string of the molecule is Cc1cc(COc2ccc(C(=O)N3CCCCC3CC(=O)NO)cc2)c2ccccc2n1. The number of piperidine rings is 1. The van der Waals surface area contributed by atoms with Crippen molar-refractivity contribution in [2.45, 2.75) is 45.3 Å². The summed E-state index contributed by atoms with van der Waals surface area (Å²) in [6.07, 6.45) is 2.72. The Morgan fingerprint density at radius 1 is 1.16 bits per heavy atom. The molecule has 0 saturated carbocycles. The van der Waals surface area contributed by atoms with Gasteiger partial charge in [-0.3, -0.25) is 19.8 Å². The molecule has 0 spiro atoms. The second kappa shape index (κ2) is 9.78. The lowest BCUT2D eigenvalue weighted by Gasteiger charge is -2.35. The zero-order valence-corrected chi connectivity index (χ0v) is 18.1. The summed E-state index contributed by atoms with van der Waals surface area (Å²) in [4.78, 5) is 30.9. The third kappa shape index (κ3) is 4.89. The van der Waals surface area contributed by atoms with Crippen LogP contribution in [-0.4, -0.2) is 39.5 Å². The molecule has 3 aromatic rings. The molecule has 1 unspecified atom stereocenters. The van der Waals surface area contributed by atoms with E-state index < -0.39 is 5.91 Å². The second-order valence-corrected chi connectivity index (χ2v) is 8.14. The van der Waals surface area contributed by atoms with Crippen molar-refractivity contribution in [1.82, 2.24) is 15.4 Å². The molecule has 2 aromatic carbocycles. The summed E-state index contributed by atoms with van der Waals surface area (Å²) in [5, 5.41) is 9.89. The van der Waals surface area contributed by atoms with Crippen LogP contribution in [-0.2, 0) is 11.4 Å². The number of aromatic nitrogens is 1. The number of nitrogens with zero attached hydrogens (tertiary/aromatic N) is 2. The van der Waals surface area contributed by atoms with Gasteiger partial charge in [0.05, 0.1) is 5.52 Å². The van der Waals surface area contributed by atoms with Gasteiger partial charge in [0.1, 0.15) is 12.4 Å². The topological polar surface area (TPSA) is 91.8 Å². The Morgan fingerprint density at radius 3 is 2.72 bits per heavy atom. The van der Waals surface area contributed by atoms with Crippen LogP contribution in [0.2, 0.25) is 0 Å². The number of hydrogen-bond donors (Lipinski definition) is 2. The Labute approximate surface area is 187 Å². The van der Waals surface area contributed by atoms with E-state index in [0.29, 0.717) is 24.5 Å². The molecular weight excluding hydrogens is 406 g/mol. The first kappa shape index (κ1) is 21.8. The van der Waals surface area contributed by atoms with Gasteiger partial charge >= 0.3 is 0 Å². The molecule has 0 aliphatic carbocycles. The molecule has 4 rings (SSSR count). The van der Waals surface area contributed by atoms with Crippen molar-refractivity contribution in [3.63, 3.8) is 0 Å². The van der Waals surface area contributed by atoms with Crippen molar-refractivity contribution < 1.29 is 19.5 Å². The zero-order chi connectivity index (χ0) is 22.5. The molecule has 7 heteroatoms. The van der Waals surface area contributed by atoms with E-state index in [2.05, 4.69) is 4.98 Å². The van der Waals surface area contributed by atoms with E-state index in [1.54, 1.807) is 34.6 Å². The molecule has 2 heterocycles. The number of carbonyl (C=O) groups is 2. The molecule has 1 aromatic heterocycles. The van der Waals surface area contributed by atoms with Crippen LogP contribution in [0.1, 0.15) is 47.3 Å². The van der Waals surface area contributed by atoms with Crippen molar-refractivity contribution in [3.8, 4) is 5.75 Å². The van der Waals surface area contributed by atoms with Crippen molar-refractivity contribution in [1.29, 1.82) is 0 Å². The van der Waals surface area contributed by atoms with E-state index in [4.69, 9.17) is 9.94 Å². The highest BCUT2D eigenvalue weighted by Gasteiger charge is 2.29. The van der Waals surface area contributed by atoms with Crippen LogP contribution in [0.25, 0.3) is 10.9 Å². The van der Waals surface area contributed by atoms with Crippen molar-refractivity contribution in [3.05, 3.63) is 71.4 Å². The first-order chi connectivity index (χ1) is 15.5. The van der Waals surface area contributed by atoms with Crippen LogP contribution in [0.4, 0.5) is 0 Å². The average Bonchev–Trinajstić information content (AvgIpc) is 2.82. The summed E-state index contributed by atoms with van der Waals surface area (Å²) >= 11 is 0. The van der Waals surface area contributed by atoms with Gasteiger partial charge < -0.3 is 9.64 Å². The average molecular weight is 434 g/mol. The summed E-state index contributed by atoms with van der Waals surface area (Å²) in [5.74, 6) is 0.0926. The van der Waals surface area contributed by atoms with E-state index in [-0.39, 0.29) is 18.4 Å². The Kier molecular flexibility index (Phi) is 6.66. The lowest BCUT2D eigenvalue weighted by atomic mass is 9.98. The number of hydrogen-bond acceptors (Lipinski definition) is 5. The summed E-state index contributed by atoms with van der Waals surface area (Å²) < 4.78 is 5.99. The van der Waals surface area contributed by atoms with Gasteiger partial charge in [0.25, 0.3) is 5.91 Å². The van der Waals surface area contributed by atoms with E-state index in [1.165, 1.54) is 0 Å². The van der Waals surface area contributed by atoms with Gasteiger partial charge in [-0.25, -0.2) is 5.48 Å². The van der Waals surface area contributed by atoms with Crippen molar-refractivity contribution >= 4 is 22.7 Å².